The van der Waals surface area contributed by atoms with Gasteiger partial charge >= 0.3 is 0 Å². The van der Waals surface area contributed by atoms with E-state index in [1.165, 1.54) is 0 Å². The molecule has 17 heavy (non-hydrogen) atoms. The molecule has 1 fully saturated rings. The quantitative estimate of drug-likeness (QED) is 0.797. The van der Waals surface area contributed by atoms with Gasteiger partial charge in [0.25, 0.3) is 11.1 Å². The van der Waals surface area contributed by atoms with Crippen LogP contribution in [-0.2, 0) is 4.79 Å². The fourth-order valence-electron chi connectivity index (χ4n) is 1.46. The van der Waals surface area contributed by atoms with E-state index in [1.54, 1.807) is 6.08 Å². The lowest BCUT2D eigenvalue weighted by atomic mass is 10.2. The van der Waals surface area contributed by atoms with Crippen molar-refractivity contribution in [2.24, 2.45) is 0 Å². The first-order valence-electron chi connectivity index (χ1n) is 4.69. The van der Waals surface area contributed by atoms with Gasteiger partial charge in [-0.25, -0.2) is 0 Å². The Morgan fingerprint density at radius 1 is 1.18 bits per heavy atom. The minimum absolute atomic E-state index is 0.336. The van der Waals surface area contributed by atoms with Crippen LogP contribution in [0.25, 0.3) is 17.1 Å². The van der Waals surface area contributed by atoms with Gasteiger partial charge < -0.3 is 0 Å². The number of rotatable bonds is 1. The van der Waals surface area contributed by atoms with E-state index >= 15 is 0 Å². The van der Waals surface area contributed by atoms with E-state index in [1.807, 2.05) is 18.2 Å². The Labute approximate surface area is 104 Å². The Bertz CT molecular complexity index is 662. The first-order valence-corrected chi connectivity index (χ1v) is 6.24. The summed E-state index contributed by atoms with van der Waals surface area (Å²) < 4.78 is 8.20. The van der Waals surface area contributed by atoms with Crippen LogP contribution >= 0.6 is 23.5 Å². The number of aromatic nitrogens is 2. The molecule has 0 unspecified atom stereocenters. The molecule has 0 bridgehead atoms. The number of carbonyl (C=O) groups is 2. The fourth-order valence-corrected chi connectivity index (χ4v) is 2.66. The number of hydrogen-bond acceptors (Lipinski definition) is 6. The van der Waals surface area contributed by atoms with E-state index in [0.29, 0.717) is 4.91 Å². The molecule has 0 atom stereocenters. The van der Waals surface area contributed by atoms with Crippen LogP contribution in [0.2, 0.25) is 0 Å². The van der Waals surface area contributed by atoms with Gasteiger partial charge in [-0.05, 0) is 35.5 Å². The van der Waals surface area contributed by atoms with Crippen LogP contribution in [0.3, 0.4) is 0 Å². The Kier molecular flexibility index (Phi) is 2.41. The molecule has 0 aliphatic carbocycles. The van der Waals surface area contributed by atoms with Crippen LogP contribution in [0.5, 0.6) is 0 Å². The summed E-state index contributed by atoms with van der Waals surface area (Å²) in [7, 11) is 0. The summed E-state index contributed by atoms with van der Waals surface area (Å²) in [6.07, 6.45) is 1.67. The normalized spacial score (nSPS) is 18.0. The van der Waals surface area contributed by atoms with Crippen molar-refractivity contribution in [3.63, 3.8) is 0 Å². The molecule has 1 saturated heterocycles. The second-order valence-electron chi connectivity index (χ2n) is 3.36. The Morgan fingerprint density at radius 3 is 2.76 bits per heavy atom. The number of benzene rings is 1. The Hall–Kier alpha value is -1.73. The molecule has 2 aromatic rings. The molecule has 1 aliphatic rings. The van der Waals surface area contributed by atoms with Crippen molar-refractivity contribution < 1.29 is 9.59 Å². The topological polar surface area (TPSA) is 72.0 Å². The van der Waals surface area contributed by atoms with Gasteiger partial charge in [0, 0.05) is 0 Å². The summed E-state index contributed by atoms with van der Waals surface area (Å²) >= 11 is 2.05. The van der Waals surface area contributed by atoms with Crippen LogP contribution in [-0.4, -0.2) is 19.9 Å². The van der Waals surface area contributed by atoms with E-state index in [-0.39, 0.29) is 11.1 Å². The number of nitrogens with zero attached hydrogens (tertiary/aromatic N) is 2. The highest BCUT2D eigenvalue weighted by atomic mass is 32.2. The average molecular weight is 263 g/mol. The highest BCUT2D eigenvalue weighted by Gasteiger charge is 2.24. The number of amides is 2. The van der Waals surface area contributed by atoms with Crippen molar-refractivity contribution in [3.8, 4) is 0 Å². The molecular weight excluding hydrogens is 258 g/mol. The first kappa shape index (κ1) is 10.4. The summed E-state index contributed by atoms with van der Waals surface area (Å²) in [5, 5.41) is 1.87. The highest BCUT2D eigenvalue weighted by molar-refractivity contribution is 8.18. The molecule has 0 radical (unpaired) electrons. The zero-order valence-electron chi connectivity index (χ0n) is 8.34. The molecule has 2 heterocycles. The maximum atomic E-state index is 11.4. The molecule has 1 aromatic carbocycles. The summed E-state index contributed by atoms with van der Waals surface area (Å²) in [4.78, 5) is 22.8. The van der Waals surface area contributed by atoms with Crippen LogP contribution in [0.1, 0.15) is 5.56 Å². The SMILES string of the molecule is O=C1NC(=O)C(=Cc2ccc3nsnc3c2)S1. The van der Waals surface area contributed by atoms with Crippen molar-refractivity contribution in [1.29, 1.82) is 0 Å². The van der Waals surface area contributed by atoms with E-state index in [2.05, 4.69) is 14.1 Å². The van der Waals surface area contributed by atoms with Crippen molar-refractivity contribution in [3.05, 3.63) is 28.7 Å². The van der Waals surface area contributed by atoms with Gasteiger partial charge in [-0.1, -0.05) is 6.07 Å². The maximum absolute atomic E-state index is 11.4. The molecule has 0 spiro atoms. The minimum atomic E-state index is -0.350. The number of carbonyl (C=O) groups excluding carboxylic acids is 2. The Balaban J connectivity index is 2.01. The number of thioether (sulfide) groups is 1. The first-order chi connectivity index (χ1) is 8.22. The molecule has 1 aromatic heterocycles. The molecule has 1 N–H and O–H groups in total. The predicted octanol–water partition coefficient (Wildman–Crippen LogP) is 2.02. The number of nitrogens with one attached hydrogen (secondary N) is 1. The summed E-state index contributed by atoms with van der Waals surface area (Å²) in [6, 6.07) is 5.51. The zero-order chi connectivity index (χ0) is 11.8. The van der Waals surface area contributed by atoms with Gasteiger partial charge in [-0.15, -0.1) is 0 Å². The van der Waals surface area contributed by atoms with E-state index in [0.717, 1.165) is 40.1 Å². The van der Waals surface area contributed by atoms with Crippen LogP contribution < -0.4 is 5.32 Å². The second-order valence-corrected chi connectivity index (χ2v) is 4.91. The summed E-state index contributed by atoms with van der Waals surface area (Å²) in [5.74, 6) is -0.350. The van der Waals surface area contributed by atoms with E-state index in [4.69, 9.17) is 0 Å². The molecular formula is C10H5N3O2S2. The third-order valence-electron chi connectivity index (χ3n) is 2.22. The van der Waals surface area contributed by atoms with Crippen LogP contribution in [0, 0.1) is 0 Å². The zero-order valence-corrected chi connectivity index (χ0v) is 9.97. The molecule has 7 heteroatoms. The molecule has 5 nitrogen and oxygen atoms in total. The largest absolute Gasteiger partial charge is 0.290 e. The Morgan fingerprint density at radius 2 is 2.00 bits per heavy atom. The second kappa shape index (κ2) is 3.94. The maximum Gasteiger partial charge on any atom is 0.290 e. The molecule has 2 amide bonds. The van der Waals surface area contributed by atoms with Crippen molar-refractivity contribution in [2.45, 2.75) is 0 Å². The van der Waals surface area contributed by atoms with E-state index < -0.39 is 0 Å². The standard InChI is InChI=1S/C10H5N3O2S2/c14-9-8(16-10(15)11-9)4-5-1-2-6-7(3-5)13-17-12-6/h1-4H,(H,11,14,15). The van der Waals surface area contributed by atoms with Crippen LogP contribution in [0.15, 0.2) is 23.1 Å². The van der Waals surface area contributed by atoms with Crippen molar-refractivity contribution >= 4 is 51.7 Å². The number of fused-ring (bicyclic) bond motifs is 1. The molecule has 1 aliphatic heterocycles. The lowest BCUT2D eigenvalue weighted by molar-refractivity contribution is -0.115. The van der Waals surface area contributed by atoms with Gasteiger partial charge in [0.1, 0.15) is 11.0 Å². The molecule has 0 saturated carbocycles. The third-order valence-corrected chi connectivity index (χ3v) is 3.58. The van der Waals surface area contributed by atoms with Gasteiger partial charge in [-0.2, -0.15) is 8.75 Å². The third kappa shape index (κ3) is 1.94. The average Bonchev–Trinajstić information content (AvgIpc) is 2.85. The smallest absolute Gasteiger partial charge is 0.282 e. The highest BCUT2D eigenvalue weighted by Crippen LogP contribution is 2.26. The summed E-state index contributed by atoms with van der Waals surface area (Å²) in [5.41, 5.74) is 2.45. The van der Waals surface area contributed by atoms with Gasteiger partial charge in [0.05, 0.1) is 16.6 Å². The van der Waals surface area contributed by atoms with Crippen molar-refractivity contribution in [1.82, 2.24) is 14.1 Å². The number of imide groups is 1. The monoisotopic (exact) mass is 263 g/mol. The lowest BCUT2D eigenvalue weighted by Crippen LogP contribution is -2.17. The van der Waals surface area contributed by atoms with Crippen LogP contribution in [0.4, 0.5) is 4.79 Å². The van der Waals surface area contributed by atoms with Gasteiger partial charge in [-0.3, -0.25) is 14.9 Å². The predicted molar refractivity (Wildman–Crippen MR) is 66.5 cm³/mol. The minimum Gasteiger partial charge on any atom is -0.282 e. The molecule has 3 rings (SSSR count). The van der Waals surface area contributed by atoms with Crippen molar-refractivity contribution in [2.75, 3.05) is 0 Å². The molecule has 84 valence electrons. The summed E-state index contributed by atoms with van der Waals surface area (Å²) in [6.45, 7) is 0. The van der Waals surface area contributed by atoms with Gasteiger partial charge in [0.2, 0.25) is 0 Å². The van der Waals surface area contributed by atoms with Gasteiger partial charge in [0.15, 0.2) is 0 Å². The lowest BCUT2D eigenvalue weighted by Gasteiger charge is -1.94. The fraction of sp³-hybridized carbons (Fsp3) is 0. The number of hydrogen-bond donors (Lipinski definition) is 1. The van der Waals surface area contributed by atoms with E-state index in [9.17, 15) is 9.59 Å².